The van der Waals surface area contributed by atoms with E-state index in [1.54, 1.807) is 50.0 Å². The lowest BCUT2D eigenvalue weighted by atomic mass is 9.90. The van der Waals surface area contributed by atoms with Crippen LogP contribution >= 0.6 is 22.7 Å². The molecular formula is C25H21FN2O3S2. The van der Waals surface area contributed by atoms with E-state index >= 15 is 0 Å². The Morgan fingerprint density at radius 1 is 1.12 bits per heavy atom. The number of fused-ring (bicyclic) bond motifs is 1. The van der Waals surface area contributed by atoms with E-state index in [2.05, 4.69) is 4.98 Å². The van der Waals surface area contributed by atoms with Crippen molar-refractivity contribution in [1.82, 2.24) is 9.88 Å². The molecule has 1 aliphatic heterocycles. The lowest BCUT2D eigenvalue weighted by Crippen LogP contribution is -2.40. The van der Waals surface area contributed by atoms with Gasteiger partial charge in [0.15, 0.2) is 11.5 Å². The highest BCUT2D eigenvalue weighted by atomic mass is 32.1. The summed E-state index contributed by atoms with van der Waals surface area (Å²) in [4.78, 5) is 21.4. The standard InChI is InChI=1S/C25H21FN2O3S2/c1-30-19-12-15-9-10-28(23(21-8-5-11-32-21)17(15)13-20(19)31-2)25(29)22-14-27-24(33-22)16-6-3-4-7-18(16)26/h3-8,11-14,23H,9-10H2,1-2H3. The van der Waals surface area contributed by atoms with Crippen molar-refractivity contribution in [3.63, 3.8) is 0 Å². The summed E-state index contributed by atoms with van der Waals surface area (Å²) in [5, 5.41) is 2.50. The second kappa shape index (κ2) is 8.96. The van der Waals surface area contributed by atoms with Gasteiger partial charge in [0.25, 0.3) is 5.91 Å². The summed E-state index contributed by atoms with van der Waals surface area (Å²) in [6, 6.07) is 14.2. The van der Waals surface area contributed by atoms with Crippen molar-refractivity contribution in [2.45, 2.75) is 12.5 Å². The number of benzene rings is 2. The summed E-state index contributed by atoms with van der Waals surface area (Å²) in [5.41, 5.74) is 2.55. The maximum Gasteiger partial charge on any atom is 0.266 e. The van der Waals surface area contributed by atoms with E-state index in [0.717, 1.165) is 16.0 Å². The number of methoxy groups -OCH3 is 2. The molecule has 33 heavy (non-hydrogen) atoms. The fourth-order valence-corrected chi connectivity index (χ4v) is 5.95. The number of amides is 1. The summed E-state index contributed by atoms with van der Waals surface area (Å²) in [5.74, 6) is 0.842. The molecule has 0 bridgehead atoms. The summed E-state index contributed by atoms with van der Waals surface area (Å²) in [7, 11) is 3.23. The molecule has 3 heterocycles. The van der Waals surface area contributed by atoms with E-state index in [4.69, 9.17) is 9.47 Å². The third kappa shape index (κ3) is 3.89. The van der Waals surface area contributed by atoms with Crippen LogP contribution in [-0.4, -0.2) is 36.6 Å². The molecule has 0 spiro atoms. The van der Waals surface area contributed by atoms with E-state index in [1.165, 1.54) is 17.4 Å². The first-order chi connectivity index (χ1) is 16.1. The molecule has 0 radical (unpaired) electrons. The molecular weight excluding hydrogens is 459 g/mol. The zero-order valence-corrected chi connectivity index (χ0v) is 19.7. The fraction of sp³-hybridized carbons (Fsp3) is 0.200. The molecule has 5 rings (SSSR count). The van der Waals surface area contributed by atoms with Gasteiger partial charge in [0.05, 0.1) is 26.5 Å². The normalized spacial score (nSPS) is 15.2. The quantitative estimate of drug-likeness (QED) is 0.361. The van der Waals surface area contributed by atoms with Gasteiger partial charge in [-0.05, 0) is 53.3 Å². The number of hydrogen-bond acceptors (Lipinski definition) is 6. The number of rotatable bonds is 5. The van der Waals surface area contributed by atoms with Crippen molar-refractivity contribution < 1.29 is 18.7 Å². The lowest BCUT2D eigenvalue weighted by molar-refractivity contribution is 0.0701. The SMILES string of the molecule is COc1cc2c(cc1OC)C(c1cccs1)N(C(=O)c1cnc(-c3ccccc3F)s1)CC2. The summed E-state index contributed by atoms with van der Waals surface area (Å²) >= 11 is 2.82. The van der Waals surface area contributed by atoms with Gasteiger partial charge < -0.3 is 14.4 Å². The van der Waals surface area contributed by atoms with Crippen molar-refractivity contribution in [1.29, 1.82) is 0 Å². The van der Waals surface area contributed by atoms with Crippen LogP contribution in [0.15, 0.2) is 60.1 Å². The van der Waals surface area contributed by atoms with Crippen molar-refractivity contribution in [3.05, 3.63) is 86.8 Å². The van der Waals surface area contributed by atoms with Gasteiger partial charge in [0.2, 0.25) is 0 Å². The zero-order chi connectivity index (χ0) is 22.9. The summed E-state index contributed by atoms with van der Waals surface area (Å²) in [6.45, 7) is 0.552. The van der Waals surface area contributed by atoms with Crippen molar-refractivity contribution >= 4 is 28.6 Å². The Labute approximate surface area is 199 Å². The van der Waals surface area contributed by atoms with Gasteiger partial charge in [-0.1, -0.05) is 18.2 Å². The lowest BCUT2D eigenvalue weighted by Gasteiger charge is -2.37. The third-order valence-electron chi connectivity index (χ3n) is 5.77. The van der Waals surface area contributed by atoms with Crippen molar-refractivity contribution in [3.8, 4) is 22.1 Å². The smallest absolute Gasteiger partial charge is 0.266 e. The van der Waals surface area contributed by atoms with Crippen LogP contribution in [0.5, 0.6) is 11.5 Å². The van der Waals surface area contributed by atoms with E-state index in [9.17, 15) is 9.18 Å². The minimum absolute atomic E-state index is 0.117. The number of thiophene rings is 1. The number of ether oxygens (including phenoxy) is 2. The van der Waals surface area contributed by atoms with Crippen molar-refractivity contribution in [2.75, 3.05) is 20.8 Å². The van der Waals surface area contributed by atoms with E-state index < -0.39 is 0 Å². The molecule has 1 atom stereocenters. The highest BCUT2D eigenvalue weighted by molar-refractivity contribution is 7.16. The van der Waals surface area contributed by atoms with Gasteiger partial charge in [-0.3, -0.25) is 4.79 Å². The van der Waals surface area contributed by atoms with Crippen LogP contribution in [0.25, 0.3) is 10.6 Å². The minimum atomic E-state index is -0.352. The van der Waals surface area contributed by atoms with Gasteiger partial charge in [0.1, 0.15) is 15.7 Å². The van der Waals surface area contributed by atoms with Crippen molar-refractivity contribution in [2.24, 2.45) is 0 Å². The molecule has 168 valence electrons. The Hall–Kier alpha value is -3.23. The van der Waals surface area contributed by atoms with Gasteiger partial charge in [-0.15, -0.1) is 22.7 Å². The monoisotopic (exact) mass is 480 g/mol. The molecule has 0 saturated carbocycles. The van der Waals surface area contributed by atoms with Crippen LogP contribution in [0.3, 0.4) is 0 Å². The number of carbonyl (C=O) groups excluding carboxylic acids is 1. The Morgan fingerprint density at radius 3 is 2.64 bits per heavy atom. The van der Waals surface area contributed by atoms with Crippen LogP contribution in [0, 0.1) is 5.82 Å². The minimum Gasteiger partial charge on any atom is -0.493 e. The number of thiazole rings is 1. The predicted octanol–water partition coefficient (Wildman–Crippen LogP) is 5.82. The largest absolute Gasteiger partial charge is 0.493 e. The van der Waals surface area contributed by atoms with Crippen LogP contribution in [0.4, 0.5) is 4.39 Å². The second-order valence-corrected chi connectivity index (χ2v) is 9.59. The van der Waals surface area contributed by atoms with Crippen LogP contribution < -0.4 is 9.47 Å². The first-order valence-electron chi connectivity index (χ1n) is 10.4. The molecule has 2 aromatic carbocycles. The molecule has 4 aromatic rings. The molecule has 1 aliphatic rings. The average molecular weight is 481 g/mol. The van der Waals surface area contributed by atoms with E-state index in [0.29, 0.717) is 39.9 Å². The van der Waals surface area contributed by atoms with E-state index in [-0.39, 0.29) is 17.8 Å². The van der Waals surface area contributed by atoms with Gasteiger partial charge in [-0.2, -0.15) is 0 Å². The molecule has 1 unspecified atom stereocenters. The fourth-order valence-electron chi connectivity index (χ4n) is 4.19. The van der Waals surface area contributed by atoms with Gasteiger partial charge >= 0.3 is 0 Å². The first kappa shape index (κ1) is 21.6. The highest BCUT2D eigenvalue weighted by Gasteiger charge is 2.35. The maximum atomic E-state index is 14.2. The predicted molar refractivity (Wildman–Crippen MR) is 128 cm³/mol. The molecule has 2 aromatic heterocycles. The Bertz CT molecular complexity index is 1300. The number of nitrogens with zero attached hydrogens (tertiary/aromatic N) is 2. The van der Waals surface area contributed by atoms with Crippen LogP contribution in [-0.2, 0) is 6.42 Å². The van der Waals surface area contributed by atoms with Gasteiger partial charge in [0, 0.05) is 17.0 Å². The Kier molecular flexibility index (Phi) is 5.86. The average Bonchev–Trinajstić information content (AvgIpc) is 3.55. The summed E-state index contributed by atoms with van der Waals surface area (Å²) in [6.07, 6.45) is 2.24. The molecule has 0 saturated heterocycles. The topological polar surface area (TPSA) is 51.7 Å². The number of carbonyl (C=O) groups is 1. The molecule has 8 heteroatoms. The molecule has 0 N–H and O–H groups in total. The van der Waals surface area contributed by atoms with E-state index in [1.807, 2.05) is 34.5 Å². The number of aromatic nitrogens is 1. The summed E-state index contributed by atoms with van der Waals surface area (Å²) < 4.78 is 25.3. The number of hydrogen-bond donors (Lipinski definition) is 0. The molecule has 0 aliphatic carbocycles. The third-order valence-corrected chi connectivity index (χ3v) is 7.71. The second-order valence-electron chi connectivity index (χ2n) is 7.58. The molecule has 1 amide bonds. The number of halogens is 1. The Balaban J connectivity index is 1.54. The highest BCUT2D eigenvalue weighted by Crippen LogP contribution is 2.43. The molecule has 5 nitrogen and oxygen atoms in total. The first-order valence-corrected chi connectivity index (χ1v) is 12.1. The Morgan fingerprint density at radius 2 is 1.91 bits per heavy atom. The van der Waals surface area contributed by atoms with Crippen LogP contribution in [0.1, 0.15) is 31.7 Å². The van der Waals surface area contributed by atoms with Gasteiger partial charge in [-0.25, -0.2) is 9.37 Å². The molecule has 0 fully saturated rings. The zero-order valence-electron chi connectivity index (χ0n) is 18.1. The maximum absolute atomic E-state index is 14.2. The van der Waals surface area contributed by atoms with Crippen LogP contribution in [0.2, 0.25) is 0 Å².